The van der Waals surface area contributed by atoms with Gasteiger partial charge in [-0.25, -0.2) is 13.8 Å². The van der Waals surface area contributed by atoms with E-state index in [0.29, 0.717) is 25.4 Å². The number of hydrogen-bond donors (Lipinski definition) is 0. The zero-order valence-electron chi connectivity index (χ0n) is 16.4. The number of oxazole rings is 1. The smallest absolute Gasteiger partial charge is 0.260 e. The maximum absolute atomic E-state index is 13.7. The standard InChI is InChI=1S/C23H22F2N2O3/c24-18-8-9-21(20(25)12-18)29-15-22(28)27-10-4-7-17(14-27)23-26-13-19(30-23)11-16-5-2-1-3-6-16/h1-3,5-6,8-9,12-13,17H,4,7,10-11,14-15H2/t17-/m0/s1. The van der Waals surface area contributed by atoms with Crippen LogP contribution in [0.15, 0.2) is 59.1 Å². The molecule has 0 radical (unpaired) electrons. The molecule has 0 spiro atoms. The lowest BCUT2D eigenvalue weighted by Crippen LogP contribution is -2.41. The third-order valence-electron chi connectivity index (χ3n) is 5.16. The molecule has 0 saturated carbocycles. The first-order valence-corrected chi connectivity index (χ1v) is 9.92. The van der Waals surface area contributed by atoms with Crippen LogP contribution in [-0.2, 0) is 11.2 Å². The van der Waals surface area contributed by atoms with Crippen LogP contribution in [0, 0.1) is 11.6 Å². The maximum atomic E-state index is 13.7. The van der Waals surface area contributed by atoms with Gasteiger partial charge in [-0.1, -0.05) is 30.3 Å². The van der Waals surface area contributed by atoms with Gasteiger partial charge < -0.3 is 14.1 Å². The third kappa shape index (κ3) is 4.84. The van der Waals surface area contributed by atoms with Gasteiger partial charge in [0.1, 0.15) is 11.6 Å². The molecule has 1 aliphatic rings. The molecular weight excluding hydrogens is 390 g/mol. The van der Waals surface area contributed by atoms with Crippen molar-refractivity contribution in [1.29, 1.82) is 0 Å². The summed E-state index contributed by atoms with van der Waals surface area (Å²) in [4.78, 5) is 18.6. The molecule has 3 aromatic rings. The van der Waals surface area contributed by atoms with E-state index in [-0.39, 0.29) is 24.2 Å². The minimum atomic E-state index is -0.829. The molecular formula is C23H22F2N2O3. The number of aromatic nitrogens is 1. The van der Waals surface area contributed by atoms with Gasteiger partial charge in [-0.05, 0) is 30.5 Å². The molecule has 0 unspecified atom stereocenters. The molecule has 156 valence electrons. The normalized spacial score (nSPS) is 16.5. The number of halogens is 2. The fourth-order valence-electron chi connectivity index (χ4n) is 3.62. The molecule has 30 heavy (non-hydrogen) atoms. The van der Waals surface area contributed by atoms with E-state index in [1.165, 1.54) is 6.07 Å². The summed E-state index contributed by atoms with van der Waals surface area (Å²) in [6, 6.07) is 13.0. The Morgan fingerprint density at radius 2 is 2.03 bits per heavy atom. The second-order valence-corrected chi connectivity index (χ2v) is 7.37. The Morgan fingerprint density at radius 1 is 1.20 bits per heavy atom. The molecule has 4 rings (SSSR count). The average Bonchev–Trinajstić information content (AvgIpc) is 3.22. The van der Waals surface area contributed by atoms with Gasteiger partial charge in [0.25, 0.3) is 5.91 Å². The average molecular weight is 412 g/mol. The molecule has 1 amide bonds. The highest BCUT2D eigenvalue weighted by atomic mass is 19.1. The van der Waals surface area contributed by atoms with Crippen LogP contribution in [0.25, 0.3) is 0 Å². The summed E-state index contributed by atoms with van der Waals surface area (Å²) in [6.45, 7) is 0.766. The summed E-state index contributed by atoms with van der Waals surface area (Å²) >= 11 is 0. The third-order valence-corrected chi connectivity index (χ3v) is 5.16. The zero-order valence-corrected chi connectivity index (χ0v) is 16.4. The Kier molecular flexibility index (Phi) is 6.07. The van der Waals surface area contributed by atoms with Crippen LogP contribution in [0.4, 0.5) is 8.78 Å². The Balaban J connectivity index is 1.34. The van der Waals surface area contributed by atoms with Crippen molar-refractivity contribution in [2.75, 3.05) is 19.7 Å². The first-order chi connectivity index (χ1) is 14.6. The fourth-order valence-corrected chi connectivity index (χ4v) is 3.62. The molecule has 1 aliphatic heterocycles. The van der Waals surface area contributed by atoms with Crippen molar-refractivity contribution in [3.05, 3.63) is 83.6 Å². The number of carbonyl (C=O) groups excluding carboxylic acids is 1. The van der Waals surface area contributed by atoms with Gasteiger partial charge in [-0.3, -0.25) is 4.79 Å². The fraction of sp³-hybridized carbons (Fsp3) is 0.304. The summed E-state index contributed by atoms with van der Waals surface area (Å²) in [7, 11) is 0. The Bertz CT molecular complexity index is 1010. The van der Waals surface area contributed by atoms with Gasteiger partial charge >= 0.3 is 0 Å². The van der Waals surface area contributed by atoms with Crippen molar-refractivity contribution in [2.24, 2.45) is 0 Å². The Morgan fingerprint density at radius 3 is 2.83 bits per heavy atom. The quantitative estimate of drug-likeness (QED) is 0.605. The highest BCUT2D eigenvalue weighted by Crippen LogP contribution is 2.27. The summed E-state index contributed by atoms with van der Waals surface area (Å²) in [6.07, 6.45) is 4.10. The molecule has 2 heterocycles. The van der Waals surface area contributed by atoms with E-state index in [1.54, 1.807) is 11.1 Å². The lowest BCUT2D eigenvalue weighted by atomic mass is 9.98. The Hall–Kier alpha value is -3.22. The summed E-state index contributed by atoms with van der Waals surface area (Å²) in [5.41, 5.74) is 1.14. The minimum absolute atomic E-state index is 0.00906. The molecule has 2 aromatic carbocycles. The van der Waals surface area contributed by atoms with Crippen molar-refractivity contribution in [3.63, 3.8) is 0 Å². The number of nitrogens with zero attached hydrogens (tertiary/aromatic N) is 2. The largest absolute Gasteiger partial charge is 0.481 e. The van der Waals surface area contributed by atoms with Crippen LogP contribution in [-0.4, -0.2) is 35.5 Å². The van der Waals surface area contributed by atoms with Crippen LogP contribution >= 0.6 is 0 Å². The maximum Gasteiger partial charge on any atom is 0.260 e. The Labute approximate surface area is 173 Å². The van der Waals surface area contributed by atoms with E-state index in [2.05, 4.69) is 4.98 Å². The zero-order chi connectivity index (χ0) is 20.9. The lowest BCUT2D eigenvalue weighted by molar-refractivity contribution is -0.134. The second-order valence-electron chi connectivity index (χ2n) is 7.37. The van der Waals surface area contributed by atoms with Gasteiger partial charge in [0, 0.05) is 25.6 Å². The molecule has 7 heteroatoms. The number of hydrogen-bond acceptors (Lipinski definition) is 4. The predicted octanol–water partition coefficient (Wildman–Crippen LogP) is 4.33. The first kappa shape index (κ1) is 20.1. The number of carbonyl (C=O) groups is 1. The molecule has 1 saturated heterocycles. The predicted molar refractivity (Wildman–Crippen MR) is 106 cm³/mol. The van der Waals surface area contributed by atoms with Gasteiger partial charge in [-0.2, -0.15) is 0 Å². The molecule has 1 fully saturated rings. The van der Waals surface area contributed by atoms with Gasteiger partial charge in [0.15, 0.2) is 24.1 Å². The summed E-state index contributed by atoms with van der Waals surface area (Å²) in [5, 5.41) is 0. The van der Waals surface area contributed by atoms with Crippen molar-refractivity contribution >= 4 is 5.91 Å². The monoisotopic (exact) mass is 412 g/mol. The molecule has 1 aromatic heterocycles. The van der Waals surface area contributed by atoms with E-state index >= 15 is 0 Å². The van der Waals surface area contributed by atoms with E-state index in [9.17, 15) is 13.6 Å². The van der Waals surface area contributed by atoms with Crippen LogP contribution in [0.3, 0.4) is 0 Å². The molecule has 0 bridgehead atoms. The van der Waals surface area contributed by atoms with Crippen LogP contribution in [0.5, 0.6) is 5.75 Å². The van der Waals surface area contributed by atoms with Crippen molar-refractivity contribution in [3.8, 4) is 5.75 Å². The number of likely N-dealkylation sites (tertiary alicyclic amines) is 1. The SMILES string of the molecule is O=C(COc1ccc(F)cc1F)N1CCC[C@H](c2ncc(Cc3ccccc3)o2)C1. The van der Waals surface area contributed by atoms with Crippen LogP contribution in [0.1, 0.15) is 36.0 Å². The molecule has 5 nitrogen and oxygen atoms in total. The summed E-state index contributed by atoms with van der Waals surface area (Å²) in [5.74, 6) is -0.489. The van der Waals surface area contributed by atoms with Crippen molar-refractivity contribution in [2.45, 2.75) is 25.2 Å². The molecule has 0 N–H and O–H groups in total. The topological polar surface area (TPSA) is 55.6 Å². The van der Waals surface area contributed by atoms with Crippen molar-refractivity contribution in [1.82, 2.24) is 9.88 Å². The van der Waals surface area contributed by atoms with E-state index in [1.807, 2.05) is 30.3 Å². The first-order valence-electron chi connectivity index (χ1n) is 9.92. The highest BCUT2D eigenvalue weighted by Gasteiger charge is 2.28. The van der Waals surface area contributed by atoms with E-state index in [4.69, 9.17) is 9.15 Å². The highest BCUT2D eigenvalue weighted by molar-refractivity contribution is 5.78. The number of piperidine rings is 1. The number of rotatable bonds is 6. The van der Waals surface area contributed by atoms with Crippen LogP contribution < -0.4 is 4.74 Å². The lowest BCUT2D eigenvalue weighted by Gasteiger charge is -2.31. The van der Waals surface area contributed by atoms with Gasteiger partial charge in [-0.15, -0.1) is 0 Å². The number of ether oxygens (including phenoxy) is 1. The minimum Gasteiger partial charge on any atom is -0.481 e. The molecule has 1 atom stereocenters. The van der Waals surface area contributed by atoms with Gasteiger partial charge in [0.2, 0.25) is 0 Å². The summed E-state index contributed by atoms with van der Waals surface area (Å²) < 4.78 is 37.8. The number of benzene rings is 2. The number of amides is 1. The van der Waals surface area contributed by atoms with E-state index in [0.717, 1.165) is 36.3 Å². The molecule has 0 aliphatic carbocycles. The van der Waals surface area contributed by atoms with Crippen LogP contribution in [0.2, 0.25) is 0 Å². The van der Waals surface area contributed by atoms with Gasteiger partial charge in [0.05, 0.1) is 12.1 Å². The second kappa shape index (κ2) is 9.07. The van der Waals surface area contributed by atoms with Crippen molar-refractivity contribution < 1.29 is 22.7 Å². The van der Waals surface area contributed by atoms with E-state index < -0.39 is 11.6 Å².